The maximum atomic E-state index is 12.5. The standard InChI is InChI=1S/C22H42N2O4/c1-5-6-7-12-15-22(2,27)16-17-24-18-23(3)21(26)19(24)13-10-8-9-11-14-20(25)28-4/h19,27H,5-18H2,1-4H3. The van der Waals surface area contributed by atoms with E-state index in [-0.39, 0.29) is 17.9 Å². The van der Waals surface area contributed by atoms with Gasteiger partial charge in [-0.05, 0) is 32.6 Å². The van der Waals surface area contributed by atoms with Crippen LogP contribution in [0.2, 0.25) is 0 Å². The van der Waals surface area contributed by atoms with Gasteiger partial charge in [0.2, 0.25) is 5.91 Å². The Morgan fingerprint density at radius 1 is 1.14 bits per heavy atom. The fourth-order valence-electron chi connectivity index (χ4n) is 3.89. The van der Waals surface area contributed by atoms with Gasteiger partial charge < -0.3 is 14.7 Å². The van der Waals surface area contributed by atoms with E-state index in [9.17, 15) is 14.7 Å². The van der Waals surface area contributed by atoms with Gasteiger partial charge in [-0.3, -0.25) is 14.5 Å². The number of esters is 1. The monoisotopic (exact) mass is 398 g/mol. The SMILES string of the molecule is CCCCCCC(C)(O)CCN1CN(C)C(=O)C1CCCCCCC(=O)OC. The number of carbonyl (C=O) groups is 2. The molecule has 0 aromatic carbocycles. The zero-order valence-corrected chi connectivity index (χ0v) is 18.5. The predicted octanol–water partition coefficient (Wildman–Crippen LogP) is 3.71. The first-order valence-electron chi connectivity index (χ1n) is 11.1. The van der Waals surface area contributed by atoms with E-state index in [1.165, 1.54) is 26.4 Å². The van der Waals surface area contributed by atoms with Crippen molar-refractivity contribution in [1.82, 2.24) is 9.80 Å². The summed E-state index contributed by atoms with van der Waals surface area (Å²) in [7, 11) is 3.27. The Hall–Kier alpha value is -1.14. The Kier molecular flexibility index (Phi) is 11.7. The number of hydrogen-bond acceptors (Lipinski definition) is 5. The molecule has 0 bridgehead atoms. The molecule has 1 rings (SSSR count). The minimum atomic E-state index is -0.656. The van der Waals surface area contributed by atoms with Crippen molar-refractivity contribution in [1.29, 1.82) is 0 Å². The minimum Gasteiger partial charge on any atom is -0.469 e. The molecule has 1 aliphatic heterocycles. The first kappa shape index (κ1) is 24.9. The molecule has 1 heterocycles. The number of likely N-dealkylation sites (N-methyl/N-ethyl adjacent to an activating group) is 1. The Bertz CT molecular complexity index is 467. The highest BCUT2D eigenvalue weighted by atomic mass is 16.5. The number of rotatable bonds is 15. The molecule has 2 atom stereocenters. The van der Waals surface area contributed by atoms with Crippen LogP contribution in [0.4, 0.5) is 0 Å². The second-order valence-corrected chi connectivity index (χ2v) is 8.59. The molecule has 1 N–H and O–H groups in total. The van der Waals surface area contributed by atoms with Crippen LogP contribution in [-0.2, 0) is 14.3 Å². The van der Waals surface area contributed by atoms with Gasteiger partial charge in [-0.25, -0.2) is 0 Å². The average Bonchev–Trinajstić information content (AvgIpc) is 2.93. The molecule has 28 heavy (non-hydrogen) atoms. The van der Waals surface area contributed by atoms with Crippen molar-refractivity contribution in [3.05, 3.63) is 0 Å². The highest BCUT2D eigenvalue weighted by molar-refractivity contribution is 5.83. The number of hydrogen-bond donors (Lipinski definition) is 1. The van der Waals surface area contributed by atoms with Crippen LogP contribution >= 0.6 is 0 Å². The van der Waals surface area contributed by atoms with Gasteiger partial charge in [0.25, 0.3) is 0 Å². The summed E-state index contributed by atoms with van der Waals surface area (Å²) in [6.07, 6.45) is 11.4. The second-order valence-electron chi connectivity index (χ2n) is 8.59. The Labute approximate surface area is 171 Å². The lowest BCUT2D eigenvalue weighted by Gasteiger charge is -2.28. The summed E-state index contributed by atoms with van der Waals surface area (Å²) in [5.41, 5.74) is -0.656. The molecule has 6 nitrogen and oxygen atoms in total. The summed E-state index contributed by atoms with van der Waals surface area (Å²) in [4.78, 5) is 27.6. The molecule has 1 fully saturated rings. The smallest absolute Gasteiger partial charge is 0.305 e. The van der Waals surface area contributed by atoms with Crippen LogP contribution in [-0.4, -0.2) is 65.8 Å². The summed E-state index contributed by atoms with van der Waals surface area (Å²) < 4.78 is 4.65. The van der Waals surface area contributed by atoms with Gasteiger partial charge in [0.05, 0.1) is 25.4 Å². The lowest BCUT2D eigenvalue weighted by Crippen LogP contribution is -2.37. The fraction of sp³-hybridized carbons (Fsp3) is 0.909. The first-order chi connectivity index (χ1) is 13.3. The molecule has 164 valence electrons. The first-order valence-corrected chi connectivity index (χ1v) is 11.1. The van der Waals surface area contributed by atoms with Crippen LogP contribution in [0.1, 0.15) is 90.9 Å². The van der Waals surface area contributed by atoms with Gasteiger partial charge in [-0.1, -0.05) is 51.9 Å². The van der Waals surface area contributed by atoms with Crippen LogP contribution < -0.4 is 0 Å². The predicted molar refractivity (Wildman–Crippen MR) is 112 cm³/mol. The number of ether oxygens (including phenoxy) is 1. The fourth-order valence-corrected chi connectivity index (χ4v) is 3.89. The number of aliphatic hydroxyl groups is 1. The molecule has 0 spiro atoms. The summed E-state index contributed by atoms with van der Waals surface area (Å²) in [6, 6.07) is -0.0681. The third kappa shape index (κ3) is 9.37. The van der Waals surface area contributed by atoms with Crippen molar-refractivity contribution in [2.45, 2.75) is 103 Å². The molecular weight excluding hydrogens is 356 g/mol. The summed E-state index contributed by atoms with van der Waals surface area (Å²) in [5, 5.41) is 10.7. The Morgan fingerprint density at radius 2 is 1.82 bits per heavy atom. The normalized spacial score (nSPS) is 19.8. The van der Waals surface area contributed by atoms with Crippen LogP contribution in [0.15, 0.2) is 0 Å². The second kappa shape index (κ2) is 13.2. The number of methoxy groups -OCH3 is 1. The molecule has 0 aromatic rings. The quantitative estimate of drug-likeness (QED) is 0.336. The van der Waals surface area contributed by atoms with Gasteiger partial charge in [0.1, 0.15) is 0 Å². The largest absolute Gasteiger partial charge is 0.469 e. The number of unbranched alkanes of at least 4 members (excludes halogenated alkanes) is 6. The van der Waals surface area contributed by atoms with Crippen LogP contribution in [0.3, 0.4) is 0 Å². The van der Waals surface area contributed by atoms with E-state index in [4.69, 9.17) is 0 Å². The van der Waals surface area contributed by atoms with E-state index in [1.807, 2.05) is 14.0 Å². The zero-order chi connectivity index (χ0) is 21.0. The van der Waals surface area contributed by atoms with E-state index >= 15 is 0 Å². The van der Waals surface area contributed by atoms with Gasteiger partial charge >= 0.3 is 5.97 Å². The molecule has 2 unspecified atom stereocenters. The third-order valence-corrected chi connectivity index (χ3v) is 5.84. The Balaban J connectivity index is 2.34. The van der Waals surface area contributed by atoms with Gasteiger partial charge in [0.15, 0.2) is 0 Å². The van der Waals surface area contributed by atoms with Gasteiger partial charge in [0, 0.05) is 20.0 Å². The highest BCUT2D eigenvalue weighted by Gasteiger charge is 2.36. The van der Waals surface area contributed by atoms with Gasteiger partial charge in [-0.15, -0.1) is 0 Å². The molecular formula is C22H42N2O4. The van der Waals surface area contributed by atoms with Crippen molar-refractivity contribution in [2.75, 3.05) is 27.4 Å². The Morgan fingerprint density at radius 3 is 2.50 bits per heavy atom. The lowest BCUT2D eigenvalue weighted by atomic mass is 9.94. The molecule has 1 amide bonds. The molecule has 0 radical (unpaired) electrons. The molecule has 0 saturated carbocycles. The van der Waals surface area contributed by atoms with Crippen molar-refractivity contribution in [3.8, 4) is 0 Å². The maximum Gasteiger partial charge on any atom is 0.305 e. The number of carbonyl (C=O) groups excluding carboxylic acids is 2. The van der Waals surface area contributed by atoms with Crippen molar-refractivity contribution in [3.63, 3.8) is 0 Å². The van der Waals surface area contributed by atoms with Crippen molar-refractivity contribution in [2.24, 2.45) is 0 Å². The maximum absolute atomic E-state index is 12.5. The van der Waals surface area contributed by atoms with E-state index in [2.05, 4.69) is 16.6 Å². The molecule has 1 aliphatic rings. The van der Waals surface area contributed by atoms with E-state index in [1.54, 1.807) is 4.90 Å². The van der Waals surface area contributed by atoms with Gasteiger partial charge in [-0.2, -0.15) is 0 Å². The van der Waals surface area contributed by atoms with Crippen molar-refractivity contribution < 1.29 is 19.4 Å². The molecule has 0 aromatic heterocycles. The van der Waals surface area contributed by atoms with Crippen LogP contribution in [0.5, 0.6) is 0 Å². The molecule has 0 aliphatic carbocycles. The van der Waals surface area contributed by atoms with Crippen LogP contribution in [0.25, 0.3) is 0 Å². The number of nitrogens with zero attached hydrogens (tertiary/aromatic N) is 2. The zero-order valence-electron chi connectivity index (χ0n) is 18.5. The minimum absolute atomic E-state index is 0.0681. The molecule has 6 heteroatoms. The average molecular weight is 399 g/mol. The summed E-state index contributed by atoms with van der Waals surface area (Å²) >= 11 is 0. The van der Waals surface area contributed by atoms with E-state index in [0.29, 0.717) is 19.5 Å². The van der Waals surface area contributed by atoms with E-state index in [0.717, 1.165) is 51.5 Å². The highest BCUT2D eigenvalue weighted by Crippen LogP contribution is 2.24. The topological polar surface area (TPSA) is 70.1 Å². The number of amides is 1. The van der Waals surface area contributed by atoms with E-state index < -0.39 is 5.60 Å². The van der Waals surface area contributed by atoms with Crippen LogP contribution in [0, 0.1) is 0 Å². The third-order valence-electron chi connectivity index (χ3n) is 5.84. The van der Waals surface area contributed by atoms with Crippen molar-refractivity contribution >= 4 is 11.9 Å². The lowest BCUT2D eigenvalue weighted by molar-refractivity contribution is -0.140. The summed E-state index contributed by atoms with van der Waals surface area (Å²) in [6.45, 7) is 5.52. The molecule has 1 saturated heterocycles. The summed E-state index contributed by atoms with van der Waals surface area (Å²) in [5.74, 6) is 0.0395.